The van der Waals surface area contributed by atoms with Crippen molar-refractivity contribution in [3.05, 3.63) is 12.3 Å². The Morgan fingerprint density at radius 1 is 1.29 bits per heavy atom. The third kappa shape index (κ3) is 12.9. The van der Waals surface area contributed by atoms with Crippen LogP contribution in [0.1, 0.15) is 40.0 Å². The maximum atomic E-state index is 11.2. The van der Waals surface area contributed by atoms with E-state index in [2.05, 4.69) is 31.4 Å². The fourth-order valence-corrected chi connectivity index (χ4v) is 1.09. The molecule has 0 rings (SSSR count). The van der Waals surface area contributed by atoms with Crippen LogP contribution in [0.25, 0.3) is 0 Å². The van der Waals surface area contributed by atoms with E-state index in [-0.39, 0.29) is 6.03 Å². The summed E-state index contributed by atoms with van der Waals surface area (Å²) in [5.74, 6) is 0.447. The van der Waals surface area contributed by atoms with Gasteiger partial charge in [0.05, 0.1) is 0 Å². The Morgan fingerprint density at radius 3 is 2.65 bits per heavy atom. The molecule has 0 saturated carbocycles. The molecule has 0 atom stereocenters. The standard InChI is InChI=1S/C13H26N2O2/c1-4-5-10-17-11-6-8-14-13(16)15-9-7-12(2)3/h7,9,12H,4-6,8,10-11H2,1-3H3,(H2,14,15,16)/b9-7+. The van der Waals surface area contributed by atoms with E-state index in [0.29, 0.717) is 19.1 Å². The zero-order valence-electron chi connectivity index (χ0n) is 11.3. The van der Waals surface area contributed by atoms with Crippen LogP contribution in [-0.2, 0) is 4.74 Å². The topological polar surface area (TPSA) is 50.4 Å². The van der Waals surface area contributed by atoms with Crippen molar-refractivity contribution >= 4 is 6.03 Å². The van der Waals surface area contributed by atoms with E-state index in [1.165, 1.54) is 0 Å². The molecule has 0 fully saturated rings. The second kappa shape index (κ2) is 11.5. The lowest BCUT2D eigenvalue weighted by Crippen LogP contribution is -2.33. The minimum atomic E-state index is -0.157. The third-order valence-corrected chi connectivity index (χ3v) is 2.09. The number of rotatable bonds is 9. The lowest BCUT2D eigenvalue weighted by atomic mass is 10.2. The Hall–Kier alpha value is -1.03. The van der Waals surface area contributed by atoms with Crippen molar-refractivity contribution in [3.8, 4) is 0 Å². The molecule has 0 heterocycles. The molecule has 100 valence electrons. The van der Waals surface area contributed by atoms with E-state index in [1.54, 1.807) is 6.20 Å². The summed E-state index contributed by atoms with van der Waals surface area (Å²) in [5.41, 5.74) is 0. The van der Waals surface area contributed by atoms with Crippen LogP contribution in [0.15, 0.2) is 12.3 Å². The van der Waals surface area contributed by atoms with Gasteiger partial charge in [-0.1, -0.05) is 33.3 Å². The molecular formula is C13H26N2O2. The van der Waals surface area contributed by atoms with Gasteiger partial charge in [0.2, 0.25) is 0 Å². The number of allylic oxidation sites excluding steroid dienone is 1. The number of carbonyl (C=O) groups is 1. The highest BCUT2D eigenvalue weighted by Crippen LogP contribution is 1.91. The van der Waals surface area contributed by atoms with Crippen LogP contribution in [0.3, 0.4) is 0 Å². The molecule has 0 aliphatic rings. The summed E-state index contributed by atoms with van der Waals surface area (Å²) in [5, 5.41) is 5.42. The lowest BCUT2D eigenvalue weighted by molar-refractivity contribution is 0.129. The van der Waals surface area contributed by atoms with Crippen molar-refractivity contribution < 1.29 is 9.53 Å². The largest absolute Gasteiger partial charge is 0.381 e. The van der Waals surface area contributed by atoms with Gasteiger partial charge in [0, 0.05) is 26.0 Å². The predicted molar refractivity (Wildman–Crippen MR) is 70.9 cm³/mol. The summed E-state index contributed by atoms with van der Waals surface area (Å²) >= 11 is 0. The number of carbonyl (C=O) groups excluding carboxylic acids is 1. The van der Waals surface area contributed by atoms with Gasteiger partial charge in [0.1, 0.15) is 0 Å². The number of nitrogens with one attached hydrogen (secondary N) is 2. The molecule has 0 radical (unpaired) electrons. The van der Waals surface area contributed by atoms with Gasteiger partial charge >= 0.3 is 6.03 Å². The van der Waals surface area contributed by atoms with E-state index in [9.17, 15) is 4.79 Å². The minimum Gasteiger partial charge on any atom is -0.381 e. The highest BCUT2D eigenvalue weighted by Gasteiger charge is 1.95. The lowest BCUT2D eigenvalue weighted by Gasteiger charge is -2.05. The molecule has 2 amide bonds. The Bertz CT molecular complexity index is 215. The summed E-state index contributed by atoms with van der Waals surface area (Å²) < 4.78 is 5.38. The van der Waals surface area contributed by atoms with Crippen LogP contribution < -0.4 is 10.6 Å². The van der Waals surface area contributed by atoms with Gasteiger partial charge < -0.3 is 15.4 Å². The maximum absolute atomic E-state index is 11.2. The molecule has 0 bridgehead atoms. The first-order chi connectivity index (χ1) is 8.16. The molecule has 4 nitrogen and oxygen atoms in total. The maximum Gasteiger partial charge on any atom is 0.318 e. The quantitative estimate of drug-likeness (QED) is 0.611. The van der Waals surface area contributed by atoms with E-state index in [1.807, 2.05) is 6.08 Å². The van der Waals surface area contributed by atoms with Crippen molar-refractivity contribution in [2.75, 3.05) is 19.8 Å². The van der Waals surface area contributed by atoms with Crippen LogP contribution >= 0.6 is 0 Å². The Balaban J connectivity index is 3.28. The number of ether oxygens (including phenoxy) is 1. The second-order valence-electron chi connectivity index (χ2n) is 4.32. The van der Waals surface area contributed by atoms with Gasteiger partial charge in [-0.3, -0.25) is 0 Å². The van der Waals surface area contributed by atoms with Crippen molar-refractivity contribution in [2.45, 2.75) is 40.0 Å². The summed E-state index contributed by atoms with van der Waals surface area (Å²) in [6.45, 7) is 8.43. The van der Waals surface area contributed by atoms with Crippen LogP contribution in [0.5, 0.6) is 0 Å². The van der Waals surface area contributed by atoms with Crippen molar-refractivity contribution in [1.82, 2.24) is 10.6 Å². The molecule has 0 aromatic rings. The molecular weight excluding hydrogens is 216 g/mol. The SMILES string of the molecule is CCCCOCCCNC(=O)N/C=C/C(C)C. The van der Waals surface area contributed by atoms with Crippen LogP contribution in [0.4, 0.5) is 4.79 Å². The normalized spacial score (nSPS) is 11.1. The van der Waals surface area contributed by atoms with E-state index < -0.39 is 0 Å². The van der Waals surface area contributed by atoms with Crippen LogP contribution in [0.2, 0.25) is 0 Å². The molecule has 0 unspecified atom stereocenters. The molecule has 0 aliphatic heterocycles. The number of hydrogen-bond acceptors (Lipinski definition) is 2. The molecule has 0 aromatic carbocycles. The predicted octanol–water partition coefficient (Wildman–Crippen LogP) is 2.66. The summed E-state index contributed by atoms with van der Waals surface area (Å²) in [6.07, 6.45) is 6.73. The second-order valence-corrected chi connectivity index (χ2v) is 4.32. The summed E-state index contributed by atoms with van der Waals surface area (Å²) in [6, 6.07) is -0.157. The molecule has 2 N–H and O–H groups in total. The van der Waals surface area contributed by atoms with E-state index in [0.717, 1.165) is 25.9 Å². The Kier molecular flexibility index (Phi) is 10.8. The first-order valence-corrected chi connectivity index (χ1v) is 6.45. The minimum absolute atomic E-state index is 0.157. The van der Waals surface area contributed by atoms with Crippen molar-refractivity contribution in [2.24, 2.45) is 5.92 Å². The van der Waals surface area contributed by atoms with Gasteiger partial charge in [0.25, 0.3) is 0 Å². The third-order valence-electron chi connectivity index (χ3n) is 2.09. The fraction of sp³-hybridized carbons (Fsp3) is 0.769. The van der Waals surface area contributed by atoms with Crippen LogP contribution in [0, 0.1) is 5.92 Å². The zero-order valence-corrected chi connectivity index (χ0v) is 11.3. The molecule has 0 aromatic heterocycles. The summed E-state index contributed by atoms with van der Waals surface area (Å²) in [7, 11) is 0. The summed E-state index contributed by atoms with van der Waals surface area (Å²) in [4.78, 5) is 11.2. The van der Waals surface area contributed by atoms with Gasteiger partial charge in [-0.05, 0) is 18.8 Å². The zero-order chi connectivity index (χ0) is 12.9. The first-order valence-electron chi connectivity index (χ1n) is 6.45. The average Bonchev–Trinajstić information content (AvgIpc) is 2.27. The number of amides is 2. The van der Waals surface area contributed by atoms with Crippen molar-refractivity contribution in [1.29, 1.82) is 0 Å². The number of unbranched alkanes of at least 4 members (excludes halogenated alkanes) is 1. The van der Waals surface area contributed by atoms with Gasteiger partial charge in [-0.2, -0.15) is 0 Å². The highest BCUT2D eigenvalue weighted by atomic mass is 16.5. The van der Waals surface area contributed by atoms with Gasteiger partial charge in [-0.25, -0.2) is 4.79 Å². The van der Waals surface area contributed by atoms with Crippen molar-refractivity contribution in [3.63, 3.8) is 0 Å². The molecule has 0 saturated heterocycles. The van der Waals surface area contributed by atoms with E-state index in [4.69, 9.17) is 4.74 Å². The Morgan fingerprint density at radius 2 is 2.00 bits per heavy atom. The Labute approximate surface area is 105 Å². The molecule has 0 aliphatic carbocycles. The van der Waals surface area contributed by atoms with Gasteiger partial charge in [0.15, 0.2) is 0 Å². The smallest absolute Gasteiger partial charge is 0.318 e. The fourth-order valence-electron chi connectivity index (χ4n) is 1.09. The first kappa shape index (κ1) is 16.0. The number of hydrogen-bond donors (Lipinski definition) is 2. The highest BCUT2D eigenvalue weighted by molar-refractivity contribution is 5.74. The average molecular weight is 242 g/mol. The monoisotopic (exact) mass is 242 g/mol. The van der Waals surface area contributed by atoms with Gasteiger partial charge in [-0.15, -0.1) is 0 Å². The molecule has 17 heavy (non-hydrogen) atoms. The van der Waals surface area contributed by atoms with E-state index >= 15 is 0 Å². The molecule has 4 heteroatoms. The molecule has 0 spiro atoms. The number of urea groups is 1. The van der Waals surface area contributed by atoms with Crippen LogP contribution in [-0.4, -0.2) is 25.8 Å².